The van der Waals surface area contributed by atoms with E-state index in [0.29, 0.717) is 35.8 Å². The molecule has 0 spiro atoms. The van der Waals surface area contributed by atoms with E-state index >= 15 is 0 Å². The smallest absolute Gasteiger partial charge is 0.244 e. The fourth-order valence-corrected chi connectivity index (χ4v) is 4.96. The summed E-state index contributed by atoms with van der Waals surface area (Å²) in [5.74, 6) is 0. The Balaban J connectivity index is 2.54. The molecule has 4 nitrogen and oxygen atoms in total. The molecule has 112 valence electrons. The second-order valence-electron chi connectivity index (χ2n) is 4.95. The Bertz CT molecular complexity index is 583. The van der Waals surface area contributed by atoms with E-state index in [-0.39, 0.29) is 9.92 Å². The molecule has 1 saturated heterocycles. The Hall–Kier alpha value is -0.330. The third-order valence-corrected chi connectivity index (χ3v) is 6.55. The van der Waals surface area contributed by atoms with Gasteiger partial charge in [-0.05, 0) is 44.0 Å². The molecule has 20 heavy (non-hydrogen) atoms. The summed E-state index contributed by atoms with van der Waals surface area (Å²) in [6.07, 6.45) is 0.787. The average molecular weight is 337 g/mol. The second kappa shape index (κ2) is 6.20. The van der Waals surface area contributed by atoms with Crippen molar-refractivity contribution in [2.45, 2.75) is 25.2 Å². The number of nitrogens with one attached hydrogen (secondary N) is 1. The van der Waals surface area contributed by atoms with E-state index in [1.807, 2.05) is 0 Å². The summed E-state index contributed by atoms with van der Waals surface area (Å²) in [5.41, 5.74) is 1.19. The third-order valence-electron chi connectivity index (χ3n) is 3.48. The van der Waals surface area contributed by atoms with E-state index in [4.69, 9.17) is 23.2 Å². The highest BCUT2D eigenvalue weighted by Gasteiger charge is 2.30. The summed E-state index contributed by atoms with van der Waals surface area (Å²) in [7, 11) is -3.61. The summed E-state index contributed by atoms with van der Waals surface area (Å²) in [6, 6.07) is 1.70. The number of halogens is 2. The zero-order chi connectivity index (χ0) is 14.9. The van der Waals surface area contributed by atoms with Gasteiger partial charge in [0.15, 0.2) is 0 Å². The van der Waals surface area contributed by atoms with Crippen LogP contribution >= 0.6 is 23.2 Å². The summed E-state index contributed by atoms with van der Waals surface area (Å²) < 4.78 is 27.2. The number of nitrogens with zero attached hydrogens (tertiary/aromatic N) is 1. The molecule has 2 rings (SSSR count). The lowest BCUT2D eigenvalue weighted by atomic mass is 10.2. The van der Waals surface area contributed by atoms with E-state index in [0.717, 1.165) is 13.0 Å². The van der Waals surface area contributed by atoms with Crippen molar-refractivity contribution >= 4 is 33.2 Å². The topological polar surface area (TPSA) is 49.4 Å². The molecule has 1 heterocycles. The Kier molecular flexibility index (Phi) is 4.97. The molecule has 0 bridgehead atoms. The predicted octanol–water partition coefficient (Wildman–Crippen LogP) is 2.59. The number of hydrogen-bond acceptors (Lipinski definition) is 3. The third kappa shape index (κ3) is 2.97. The van der Waals surface area contributed by atoms with Crippen LogP contribution in [0.25, 0.3) is 0 Å². The van der Waals surface area contributed by atoms with Crippen LogP contribution in [0.5, 0.6) is 0 Å². The minimum absolute atomic E-state index is 0.145. The Labute approximate surface area is 130 Å². The highest BCUT2D eigenvalue weighted by Crippen LogP contribution is 2.35. The quantitative estimate of drug-likeness (QED) is 0.902. The van der Waals surface area contributed by atoms with Crippen LogP contribution in [0.3, 0.4) is 0 Å². The highest BCUT2D eigenvalue weighted by molar-refractivity contribution is 7.89. The molecular formula is C13H18Cl2N2O2S. The first kappa shape index (κ1) is 16.0. The fourth-order valence-electron chi connectivity index (χ4n) is 2.31. The van der Waals surface area contributed by atoms with Gasteiger partial charge in [0.2, 0.25) is 10.0 Å². The molecule has 0 unspecified atom stereocenters. The van der Waals surface area contributed by atoms with Crippen LogP contribution in [0, 0.1) is 13.8 Å². The number of aryl methyl sites for hydroxylation is 1. The number of sulfonamides is 1. The van der Waals surface area contributed by atoms with Crippen LogP contribution in [0.2, 0.25) is 10.0 Å². The van der Waals surface area contributed by atoms with E-state index in [1.54, 1.807) is 19.9 Å². The van der Waals surface area contributed by atoms with Crippen LogP contribution in [-0.4, -0.2) is 38.9 Å². The zero-order valence-electron chi connectivity index (χ0n) is 11.5. The first-order valence-electron chi connectivity index (χ1n) is 6.51. The molecule has 1 fully saturated rings. The predicted molar refractivity (Wildman–Crippen MR) is 82.2 cm³/mol. The maximum atomic E-state index is 12.8. The standard InChI is InChI=1S/C13H18Cl2N2O2S/c1-9-8-11(14)10(2)13(12(9)15)20(18,19)17-6-3-4-16-5-7-17/h8,16H,3-7H2,1-2H3. The summed E-state index contributed by atoms with van der Waals surface area (Å²) in [6.45, 7) is 5.87. The van der Waals surface area contributed by atoms with E-state index < -0.39 is 10.0 Å². The van der Waals surface area contributed by atoms with Gasteiger partial charge in [0.1, 0.15) is 4.90 Å². The lowest BCUT2D eigenvalue weighted by Crippen LogP contribution is -2.34. The normalized spacial score (nSPS) is 18.0. The molecule has 1 aliphatic rings. The van der Waals surface area contributed by atoms with Gasteiger partial charge in [0.25, 0.3) is 0 Å². The van der Waals surface area contributed by atoms with Crippen LogP contribution < -0.4 is 5.32 Å². The Morgan fingerprint density at radius 2 is 1.90 bits per heavy atom. The van der Waals surface area contributed by atoms with E-state index in [9.17, 15) is 8.42 Å². The van der Waals surface area contributed by atoms with Crippen molar-refractivity contribution in [3.8, 4) is 0 Å². The van der Waals surface area contributed by atoms with Gasteiger partial charge in [0, 0.05) is 24.7 Å². The SMILES string of the molecule is Cc1cc(Cl)c(C)c(S(=O)(=O)N2CCCNCC2)c1Cl. The average Bonchev–Trinajstić information content (AvgIpc) is 2.65. The van der Waals surface area contributed by atoms with E-state index in [2.05, 4.69) is 5.32 Å². The van der Waals surface area contributed by atoms with E-state index in [1.165, 1.54) is 4.31 Å². The molecule has 0 saturated carbocycles. The number of rotatable bonds is 2. The Morgan fingerprint density at radius 3 is 2.60 bits per heavy atom. The largest absolute Gasteiger partial charge is 0.315 e. The summed E-state index contributed by atoms with van der Waals surface area (Å²) in [4.78, 5) is 0.145. The molecule has 0 aliphatic carbocycles. The maximum absolute atomic E-state index is 12.8. The van der Waals surface area contributed by atoms with Crippen molar-refractivity contribution in [3.63, 3.8) is 0 Å². The molecular weight excluding hydrogens is 319 g/mol. The molecule has 0 amide bonds. The van der Waals surface area contributed by atoms with Gasteiger partial charge in [-0.25, -0.2) is 8.42 Å². The van der Waals surface area contributed by atoms with Gasteiger partial charge in [0.05, 0.1) is 5.02 Å². The van der Waals surface area contributed by atoms with Gasteiger partial charge in [-0.2, -0.15) is 4.31 Å². The van der Waals surface area contributed by atoms with Crippen LogP contribution in [0.1, 0.15) is 17.5 Å². The van der Waals surface area contributed by atoms with Crippen molar-refractivity contribution in [1.82, 2.24) is 9.62 Å². The van der Waals surface area contributed by atoms with Crippen LogP contribution in [-0.2, 0) is 10.0 Å². The number of benzene rings is 1. The lowest BCUT2D eigenvalue weighted by molar-refractivity contribution is 0.431. The van der Waals surface area contributed by atoms with Gasteiger partial charge in [-0.3, -0.25) is 0 Å². The van der Waals surface area contributed by atoms with Crippen molar-refractivity contribution in [2.24, 2.45) is 0 Å². The van der Waals surface area contributed by atoms with Crippen molar-refractivity contribution in [3.05, 3.63) is 27.2 Å². The lowest BCUT2D eigenvalue weighted by Gasteiger charge is -2.22. The molecule has 0 aromatic heterocycles. The highest BCUT2D eigenvalue weighted by atomic mass is 35.5. The minimum Gasteiger partial charge on any atom is -0.315 e. The molecule has 7 heteroatoms. The minimum atomic E-state index is -3.61. The molecule has 1 N–H and O–H groups in total. The first-order chi connectivity index (χ1) is 9.35. The maximum Gasteiger partial charge on any atom is 0.244 e. The summed E-state index contributed by atoms with van der Waals surface area (Å²) >= 11 is 12.3. The molecule has 1 aromatic rings. The zero-order valence-corrected chi connectivity index (χ0v) is 13.9. The molecule has 0 radical (unpaired) electrons. The van der Waals surface area contributed by atoms with Gasteiger partial charge in [-0.15, -0.1) is 0 Å². The van der Waals surface area contributed by atoms with Crippen molar-refractivity contribution < 1.29 is 8.42 Å². The molecule has 1 aromatic carbocycles. The monoisotopic (exact) mass is 336 g/mol. The van der Waals surface area contributed by atoms with Crippen molar-refractivity contribution in [2.75, 3.05) is 26.2 Å². The van der Waals surface area contributed by atoms with Crippen molar-refractivity contribution in [1.29, 1.82) is 0 Å². The fraction of sp³-hybridized carbons (Fsp3) is 0.538. The van der Waals surface area contributed by atoms with Gasteiger partial charge >= 0.3 is 0 Å². The Morgan fingerprint density at radius 1 is 1.20 bits per heavy atom. The first-order valence-corrected chi connectivity index (χ1v) is 8.71. The summed E-state index contributed by atoms with van der Waals surface area (Å²) in [5, 5.41) is 3.88. The molecule has 0 atom stereocenters. The van der Waals surface area contributed by atoms with Gasteiger partial charge < -0.3 is 5.32 Å². The van der Waals surface area contributed by atoms with Gasteiger partial charge in [-0.1, -0.05) is 23.2 Å². The second-order valence-corrected chi connectivity index (χ2v) is 7.61. The van der Waals surface area contributed by atoms with Crippen LogP contribution in [0.4, 0.5) is 0 Å². The van der Waals surface area contributed by atoms with Crippen LogP contribution in [0.15, 0.2) is 11.0 Å². The number of hydrogen-bond donors (Lipinski definition) is 1. The molecule has 1 aliphatic heterocycles.